The Morgan fingerprint density at radius 3 is 1.74 bits per heavy atom. The Morgan fingerprint density at radius 2 is 1.30 bits per heavy atom. The van der Waals surface area contributed by atoms with Crippen LogP contribution in [-0.2, 0) is 20.6 Å². The van der Waals surface area contributed by atoms with Crippen molar-refractivity contribution in [3.05, 3.63) is 176 Å². The number of Topliss-reactive ketones (excluding diaryl/α,β-unsaturated/α-hetero) is 1. The molecule has 4 atom stereocenters. The van der Waals surface area contributed by atoms with E-state index in [1.54, 1.807) is 37.3 Å². The van der Waals surface area contributed by atoms with Gasteiger partial charge in [-0.25, -0.2) is 4.79 Å². The molecular weight excluding hydrogens is 584 g/mol. The quantitative estimate of drug-likeness (QED) is 0.170. The molecule has 0 bridgehead atoms. The zero-order valence-electron chi connectivity index (χ0n) is 25.4. The molecule has 4 aromatic carbocycles. The highest BCUT2D eigenvalue weighted by Gasteiger charge is 2.76. The van der Waals surface area contributed by atoms with Crippen LogP contribution in [-0.4, -0.2) is 57.1 Å². The molecule has 234 valence electrons. The van der Waals surface area contributed by atoms with E-state index in [-0.39, 0.29) is 11.1 Å². The van der Waals surface area contributed by atoms with E-state index in [1.807, 2.05) is 91.0 Å². The Hall–Kier alpha value is -4.93. The number of benzene rings is 4. The highest BCUT2D eigenvalue weighted by atomic mass is 16.6. The van der Waals surface area contributed by atoms with Crippen molar-refractivity contribution < 1.29 is 24.5 Å². The summed E-state index contributed by atoms with van der Waals surface area (Å²) in [5.41, 5.74) is -5.51. The number of aryl methyl sites for hydroxylation is 1. The Bertz CT molecular complexity index is 1850. The molecule has 6 rings (SSSR count). The van der Waals surface area contributed by atoms with Gasteiger partial charge < -0.3 is 19.7 Å². The minimum atomic E-state index is -2.53. The summed E-state index contributed by atoms with van der Waals surface area (Å²) in [5, 5.41) is 23.7. The molecule has 1 aliphatic rings. The molecule has 9 nitrogen and oxygen atoms in total. The summed E-state index contributed by atoms with van der Waals surface area (Å²) in [6.45, 7) is 0.738. The monoisotopic (exact) mass is 618 g/mol. The number of H-pyrrole nitrogens is 1. The van der Waals surface area contributed by atoms with Crippen molar-refractivity contribution in [1.82, 2.24) is 9.55 Å². The molecule has 0 amide bonds. The van der Waals surface area contributed by atoms with Crippen molar-refractivity contribution in [2.45, 2.75) is 35.9 Å². The fourth-order valence-electron chi connectivity index (χ4n) is 7.08. The summed E-state index contributed by atoms with van der Waals surface area (Å²) in [5.74, 6) is -0.766. The van der Waals surface area contributed by atoms with Crippen LogP contribution in [0.2, 0.25) is 0 Å². The summed E-state index contributed by atoms with van der Waals surface area (Å²) in [6.07, 6.45) is -1.88. The summed E-state index contributed by atoms with van der Waals surface area (Å²) in [4.78, 5) is 43.8. The van der Waals surface area contributed by atoms with E-state index in [0.717, 1.165) is 0 Å². The lowest BCUT2D eigenvalue weighted by Crippen LogP contribution is -2.67. The number of carbonyl (C=O) groups is 1. The van der Waals surface area contributed by atoms with Crippen molar-refractivity contribution in [3.63, 3.8) is 0 Å². The second kappa shape index (κ2) is 12.1. The average Bonchev–Trinajstić information content (AvgIpc) is 3.37. The van der Waals surface area contributed by atoms with E-state index >= 15 is 0 Å². The molecular formula is C37H34N2O7. The summed E-state index contributed by atoms with van der Waals surface area (Å²) in [7, 11) is 1.32. The Morgan fingerprint density at radius 1 is 0.848 bits per heavy atom. The summed E-state index contributed by atoms with van der Waals surface area (Å²) >= 11 is 0. The maximum absolute atomic E-state index is 14.5. The lowest BCUT2D eigenvalue weighted by atomic mass is 9.59. The molecule has 2 heterocycles. The van der Waals surface area contributed by atoms with Gasteiger partial charge in [0.2, 0.25) is 0 Å². The fraction of sp³-hybridized carbons (Fsp3) is 0.216. The number of ketones is 1. The van der Waals surface area contributed by atoms with Gasteiger partial charge in [-0.1, -0.05) is 121 Å². The van der Waals surface area contributed by atoms with E-state index in [0.29, 0.717) is 16.7 Å². The number of nitrogens with one attached hydrogen (secondary N) is 1. The summed E-state index contributed by atoms with van der Waals surface area (Å²) < 4.78 is 14.4. The molecule has 9 heteroatoms. The first-order valence-electron chi connectivity index (χ1n) is 14.9. The Labute approximate surface area is 265 Å². The molecule has 1 unspecified atom stereocenters. The second-order valence-corrected chi connectivity index (χ2v) is 11.4. The molecule has 1 saturated heterocycles. The molecule has 0 spiro atoms. The predicted molar refractivity (Wildman–Crippen MR) is 172 cm³/mol. The van der Waals surface area contributed by atoms with E-state index in [4.69, 9.17) is 9.47 Å². The SMILES string of the molecule is COC1[C@](O)(C(=O)c2ccccc2)[C@@H](CO)O[C@]1(n1cc(C)c(=O)[nH]c1=O)C(c1ccccc1)(c1ccccc1)c1ccccc1. The topological polar surface area (TPSA) is 131 Å². The zero-order valence-corrected chi connectivity index (χ0v) is 25.4. The van der Waals surface area contributed by atoms with Crippen molar-refractivity contribution in [3.8, 4) is 0 Å². The van der Waals surface area contributed by atoms with Crippen LogP contribution in [0.5, 0.6) is 0 Å². The smallest absolute Gasteiger partial charge is 0.330 e. The number of nitrogens with zero attached hydrogens (tertiary/aromatic N) is 1. The third kappa shape index (κ3) is 4.43. The van der Waals surface area contributed by atoms with Crippen molar-refractivity contribution in [1.29, 1.82) is 0 Å². The van der Waals surface area contributed by atoms with Crippen LogP contribution in [0.4, 0.5) is 0 Å². The number of aromatic nitrogens is 2. The lowest BCUT2D eigenvalue weighted by molar-refractivity contribution is -0.187. The van der Waals surface area contributed by atoms with Gasteiger partial charge in [-0.15, -0.1) is 0 Å². The largest absolute Gasteiger partial charge is 0.394 e. The first kappa shape index (κ1) is 31.1. The van der Waals surface area contributed by atoms with Gasteiger partial charge in [-0.05, 0) is 23.6 Å². The first-order valence-corrected chi connectivity index (χ1v) is 14.9. The maximum Gasteiger partial charge on any atom is 0.330 e. The summed E-state index contributed by atoms with van der Waals surface area (Å²) in [6, 6.07) is 35.9. The third-order valence-electron chi connectivity index (χ3n) is 9.00. The van der Waals surface area contributed by atoms with Crippen LogP contribution in [0.25, 0.3) is 0 Å². The first-order chi connectivity index (χ1) is 22.3. The van der Waals surface area contributed by atoms with Crippen molar-refractivity contribution in [2.24, 2.45) is 0 Å². The fourth-order valence-corrected chi connectivity index (χ4v) is 7.08. The van der Waals surface area contributed by atoms with Gasteiger partial charge >= 0.3 is 5.69 Å². The van der Waals surface area contributed by atoms with Gasteiger partial charge in [0, 0.05) is 24.4 Å². The van der Waals surface area contributed by atoms with Gasteiger partial charge in [0.15, 0.2) is 17.1 Å². The average molecular weight is 619 g/mol. The van der Waals surface area contributed by atoms with Crippen molar-refractivity contribution >= 4 is 5.78 Å². The van der Waals surface area contributed by atoms with Crippen LogP contribution in [0, 0.1) is 6.92 Å². The van der Waals surface area contributed by atoms with Crippen LogP contribution >= 0.6 is 0 Å². The van der Waals surface area contributed by atoms with Gasteiger partial charge in [-0.2, -0.15) is 0 Å². The number of aromatic amines is 1. The van der Waals surface area contributed by atoms with Gasteiger partial charge in [0.25, 0.3) is 5.56 Å². The number of hydrogen-bond donors (Lipinski definition) is 3. The number of carbonyl (C=O) groups excluding carboxylic acids is 1. The van der Waals surface area contributed by atoms with Gasteiger partial charge in [0.1, 0.15) is 12.2 Å². The minimum absolute atomic E-state index is 0.152. The molecule has 3 N–H and O–H groups in total. The zero-order chi connectivity index (χ0) is 32.5. The van der Waals surface area contributed by atoms with Crippen LogP contribution < -0.4 is 11.2 Å². The number of hydrogen-bond acceptors (Lipinski definition) is 7. The van der Waals surface area contributed by atoms with E-state index in [2.05, 4.69) is 4.98 Å². The Balaban J connectivity index is 1.86. The molecule has 0 radical (unpaired) electrons. The highest BCUT2D eigenvalue weighted by molar-refractivity contribution is 6.03. The van der Waals surface area contributed by atoms with E-state index in [1.165, 1.54) is 17.9 Å². The Kier molecular flexibility index (Phi) is 8.18. The maximum atomic E-state index is 14.5. The van der Waals surface area contributed by atoms with Gasteiger partial charge in [0.05, 0.1) is 12.0 Å². The number of rotatable bonds is 9. The molecule has 1 fully saturated rings. The van der Waals surface area contributed by atoms with E-state index < -0.39 is 52.6 Å². The van der Waals surface area contributed by atoms with Crippen LogP contribution in [0.15, 0.2) is 137 Å². The molecule has 0 aliphatic carbocycles. The number of aliphatic hydroxyl groups is 2. The molecule has 0 saturated carbocycles. The van der Waals surface area contributed by atoms with E-state index in [9.17, 15) is 24.6 Å². The second-order valence-electron chi connectivity index (χ2n) is 11.4. The highest BCUT2D eigenvalue weighted by Crippen LogP contribution is 2.60. The standard InChI is InChI=1S/C37H34N2O7/c1-25-23-39(34(43)38-32(25)42)37(33(45-2)36(44,30(24-40)46-37)31(41)26-15-7-3-8-16-26)35(27-17-9-4-10-18-27,28-19-11-5-12-20-28)29-21-13-6-14-22-29/h3-23,30,33,40,44H,24H2,1-2H3,(H,38,42,43)/t30-,33?,36-,37+/m1/s1. The minimum Gasteiger partial charge on any atom is -0.394 e. The molecule has 46 heavy (non-hydrogen) atoms. The van der Waals surface area contributed by atoms with Gasteiger partial charge in [-0.3, -0.25) is 19.1 Å². The lowest BCUT2D eigenvalue weighted by Gasteiger charge is -2.52. The number of methoxy groups -OCH3 is 1. The molecule has 1 aliphatic heterocycles. The number of aliphatic hydroxyl groups excluding tert-OH is 1. The normalized spacial score (nSPS) is 22.9. The molecule has 5 aromatic rings. The van der Waals surface area contributed by atoms with Crippen LogP contribution in [0.3, 0.4) is 0 Å². The van der Waals surface area contributed by atoms with Crippen molar-refractivity contribution in [2.75, 3.05) is 13.7 Å². The van der Waals surface area contributed by atoms with Crippen LogP contribution in [0.1, 0.15) is 32.6 Å². The predicted octanol–water partition coefficient (Wildman–Crippen LogP) is 3.55. The third-order valence-corrected chi connectivity index (χ3v) is 9.00. The molecule has 1 aromatic heterocycles. The number of ether oxygens (including phenoxy) is 2.